The maximum Gasteiger partial charge on any atom is 0.322 e. The number of piperidine rings is 1. The molecule has 4 amide bonds. The molecule has 1 aromatic carbocycles. The fraction of sp³-hybridized carbons (Fsp3) is 0.652. The van der Waals surface area contributed by atoms with E-state index < -0.39 is 0 Å². The van der Waals surface area contributed by atoms with Gasteiger partial charge in [0, 0.05) is 23.7 Å². The summed E-state index contributed by atoms with van der Waals surface area (Å²) in [5.41, 5.74) is 0.560. The topological polar surface area (TPSA) is 73.5 Å². The van der Waals surface area contributed by atoms with Gasteiger partial charge in [-0.1, -0.05) is 23.2 Å². The smallest absolute Gasteiger partial charge is 0.322 e. The normalized spacial score (nSPS) is 33.4. The van der Waals surface area contributed by atoms with Gasteiger partial charge in [-0.2, -0.15) is 0 Å². The van der Waals surface area contributed by atoms with E-state index in [4.69, 9.17) is 23.2 Å². The first-order valence-electron chi connectivity index (χ1n) is 11.5. The number of nitrogens with zero attached hydrogens (tertiary/aromatic N) is 1. The van der Waals surface area contributed by atoms with E-state index in [0.717, 1.165) is 43.9 Å². The zero-order valence-corrected chi connectivity index (χ0v) is 19.1. The summed E-state index contributed by atoms with van der Waals surface area (Å²) in [5.74, 6) is 2.26. The maximum atomic E-state index is 12.9. The molecule has 1 aromatic rings. The van der Waals surface area contributed by atoms with Crippen LogP contribution in [0.4, 0.5) is 15.3 Å². The molecular weight excluding hydrogens is 435 g/mol. The van der Waals surface area contributed by atoms with Gasteiger partial charge in [-0.3, -0.25) is 0 Å². The van der Waals surface area contributed by atoms with Crippen molar-refractivity contribution in [3.05, 3.63) is 28.2 Å². The van der Waals surface area contributed by atoms with Crippen molar-refractivity contribution in [2.24, 2.45) is 17.8 Å². The molecule has 1 aliphatic heterocycles. The van der Waals surface area contributed by atoms with Crippen LogP contribution in [0.2, 0.25) is 10.0 Å². The Bertz CT molecular complexity index is 865. The lowest BCUT2D eigenvalue weighted by molar-refractivity contribution is 0.159. The predicted molar refractivity (Wildman–Crippen MR) is 123 cm³/mol. The van der Waals surface area contributed by atoms with Crippen molar-refractivity contribution in [3.8, 4) is 0 Å². The average Bonchev–Trinajstić information content (AvgIpc) is 3.11. The van der Waals surface area contributed by atoms with E-state index in [1.165, 1.54) is 19.3 Å². The highest BCUT2D eigenvalue weighted by Crippen LogP contribution is 2.60. The monoisotopic (exact) mass is 464 g/mol. The van der Waals surface area contributed by atoms with Crippen molar-refractivity contribution in [1.29, 1.82) is 0 Å². The van der Waals surface area contributed by atoms with E-state index in [-0.39, 0.29) is 23.6 Å². The Morgan fingerprint density at radius 1 is 1.10 bits per heavy atom. The highest BCUT2D eigenvalue weighted by atomic mass is 35.5. The van der Waals surface area contributed by atoms with E-state index in [0.29, 0.717) is 34.7 Å². The lowest BCUT2D eigenvalue weighted by Crippen LogP contribution is -2.56. The van der Waals surface area contributed by atoms with Gasteiger partial charge in [0.1, 0.15) is 0 Å². The summed E-state index contributed by atoms with van der Waals surface area (Å²) in [6.45, 7) is 1.13. The summed E-state index contributed by atoms with van der Waals surface area (Å²) in [5, 5.41) is 10.2. The van der Waals surface area contributed by atoms with E-state index in [9.17, 15) is 9.59 Å². The number of nitrogens with one attached hydrogen (secondary N) is 3. The van der Waals surface area contributed by atoms with Crippen molar-refractivity contribution in [2.75, 3.05) is 18.4 Å². The molecule has 5 atom stereocenters. The summed E-state index contributed by atoms with van der Waals surface area (Å²) < 4.78 is 0. The van der Waals surface area contributed by atoms with Gasteiger partial charge in [0.25, 0.3) is 0 Å². The molecule has 5 fully saturated rings. The van der Waals surface area contributed by atoms with Gasteiger partial charge < -0.3 is 20.9 Å². The molecule has 1 heterocycles. The van der Waals surface area contributed by atoms with Crippen molar-refractivity contribution in [2.45, 2.75) is 62.9 Å². The first kappa shape index (κ1) is 21.2. The van der Waals surface area contributed by atoms with Crippen LogP contribution in [0.3, 0.4) is 0 Å². The van der Waals surface area contributed by atoms with Crippen LogP contribution in [-0.4, -0.2) is 41.6 Å². The Labute approximate surface area is 193 Å². The number of hydrogen-bond donors (Lipinski definition) is 3. The molecule has 0 spiro atoms. The number of likely N-dealkylation sites (tertiary alicyclic amines) is 1. The molecule has 6 nitrogen and oxygen atoms in total. The van der Waals surface area contributed by atoms with Gasteiger partial charge in [-0.25, -0.2) is 9.59 Å². The first-order valence-corrected chi connectivity index (χ1v) is 12.3. The molecule has 3 N–H and O–H groups in total. The van der Waals surface area contributed by atoms with E-state index in [1.807, 2.05) is 4.90 Å². The highest BCUT2D eigenvalue weighted by molar-refractivity contribution is 6.36. The zero-order chi connectivity index (χ0) is 21.6. The summed E-state index contributed by atoms with van der Waals surface area (Å²) in [6, 6.07) is 4.71. The van der Waals surface area contributed by atoms with Crippen LogP contribution in [0.25, 0.3) is 0 Å². The zero-order valence-electron chi connectivity index (χ0n) is 17.6. The Kier molecular flexibility index (Phi) is 5.72. The fourth-order valence-electron chi connectivity index (χ4n) is 6.74. The third-order valence-electron chi connectivity index (χ3n) is 7.91. The maximum absolute atomic E-state index is 12.9. The van der Waals surface area contributed by atoms with Gasteiger partial charge in [0.2, 0.25) is 0 Å². The molecule has 4 bridgehead atoms. The minimum absolute atomic E-state index is 0.0205. The van der Waals surface area contributed by atoms with E-state index in [1.54, 1.807) is 18.2 Å². The lowest BCUT2D eigenvalue weighted by atomic mass is 9.80. The van der Waals surface area contributed by atoms with Crippen LogP contribution in [-0.2, 0) is 0 Å². The Morgan fingerprint density at radius 2 is 1.87 bits per heavy atom. The van der Waals surface area contributed by atoms with Gasteiger partial charge in [0.05, 0.1) is 16.8 Å². The molecule has 0 aromatic heterocycles. The minimum Gasteiger partial charge on any atom is -0.336 e. The summed E-state index contributed by atoms with van der Waals surface area (Å²) in [7, 11) is 0. The van der Waals surface area contributed by atoms with Crippen LogP contribution in [0, 0.1) is 17.8 Å². The van der Waals surface area contributed by atoms with Crippen LogP contribution in [0.1, 0.15) is 51.4 Å². The SMILES string of the molecule is O=C(NCC1CCCCN1C(=O)Nc1ccc(Cl)cc1Cl)NC12CC3CC1C[C@H](C3)C2. The summed E-state index contributed by atoms with van der Waals surface area (Å²) >= 11 is 12.2. The minimum atomic E-state index is -0.193. The van der Waals surface area contributed by atoms with Crippen LogP contribution < -0.4 is 16.0 Å². The first-order chi connectivity index (χ1) is 14.9. The Balaban J connectivity index is 1.17. The van der Waals surface area contributed by atoms with Gasteiger partial charge >= 0.3 is 12.1 Å². The molecule has 4 aliphatic carbocycles. The Morgan fingerprint density at radius 3 is 2.61 bits per heavy atom. The van der Waals surface area contributed by atoms with Crippen molar-refractivity contribution < 1.29 is 9.59 Å². The second-order valence-electron chi connectivity index (χ2n) is 9.93. The summed E-state index contributed by atoms with van der Waals surface area (Å²) in [4.78, 5) is 27.5. The molecular formula is C23H30Cl2N4O2. The number of carbonyl (C=O) groups is 2. The van der Waals surface area contributed by atoms with Crippen molar-refractivity contribution in [1.82, 2.24) is 15.5 Å². The van der Waals surface area contributed by atoms with Crippen LogP contribution >= 0.6 is 23.2 Å². The number of amides is 4. The van der Waals surface area contributed by atoms with E-state index >= 15 is 0 Å². The standard InChI is InChI=1S/C23H30Cl2N4O2/c24-17-4-5-20(19(25)10-17)27-22(31)29-6-2-1-3-18(29)13-26-21(30)28-23-11-14-7-15(12-23)9-16(23)8-14/h4-5,10,14-16,18H,1-3,6-9,11-13H2,(H,27,31)(H2,26,28,30)/t14-,15?,16?,18?,23?/m0/s1. The van der Waals surface area contributed by atoms with Crippen LogP contribution in [0.5, 0.6) is 0 Å². The second kappa shape index (κ2) is 8.36. The molecule has 0 radical (unpaired) electrons. The van der Waals surface area contributed by atoms with Gasteiger partial charge in [-0.15, -0.1) is 0 Å². The predicted octanol–water partition coefficient (Wildman–Crippen LogP) is 5.26. The third-order valence-corrected chi connectivity index (χ3v) is 8.46. The molecule has 31 heavy (non-hydrogen) atoms. The number of hydrogen-bond acceptors (Lipinski definition) is 2. The highest BCUT2D eigenvalue weighted by Gasteiger charge is 2.58. The lowest BCUT2D eigenvalue weighted by Gasteiger charge is -2.37. The molecule has 6 rings (SSSR count). The molecule has 8 heteroatoms. The largest absolute Gasteiger partial charge is 0.336 e. The number of anilines is 1. The molecule has 4 saturated carbocycles. The number of benzene rings is 1. The number of rotatable bonds is 4. The fourth-order valence-corrected chi connectivity index (χ4v) is 7.19. The second-order valence-corrected chi connectivity index (χ2v) is 10.8. The Hall–Kier alpha value is -1.66. The third kappa shape index (κ3) is 4.21. The number of urea groups is 2. The van der Waals surface area contributed by atoms with Gasteiger partial charge in [0.15, 0.2) is 0 Å². The molecule has 5 aliphatic rings. The quantitative estimate of drug-likeness (QED) is 0.568. The van der Waals surface area contributed by atoms with E-state index in [2.05, 4.69) is 16.0 Å². The van der Waals surface area contributed by atoms with Gasteiger partial charge in [-0.05, 0) is 87.3 Å². The number of halogens is 2. The molecule has 1 saturated heterocycles. The summed E-state index contributed by atoms with van der Waals surface area (Å²) in [6.07, 6.45) is 9.07. The number of carbonyl (C=O) groups excluding carboxylic acids is 2. The van der Waals surface area contributed by atoms with Crippen molar-refractivity contribution >= 4 is 41.0 Å². The average molecular weight is 465 g/mol. The van der Waals surface area contributed by atoms with Crippen molar-refractivity contribution in [3.63, 3.8) is 0 Å². The molecule has 4 unspecified atom stereocenters. The van der Waals surface area contributed by atoms with Crippen LogP contribution in [0.15, 0.2) is 18.2 Å². The molecule has 168 valence electrons.